The molecule has 3 atom stereocenters. The van der Waals surface area contributed by atoms with Crippen molar-refractivity contribution in [2.45, 2.75) is 52.1 Å². The summed E-state index contributed by atoms with van der Waals surface area (Å²) in [5.74, 6) is -0.731. The maximum atomic E-state index is 13.8. The maximum Gasteiger partial charge on any atom is 0.290 e. The van der Waals surface area contributed by atoms with Crippen LogP contribution in [0.1, 0.15) is 55.4 Å². The van der Waals surface area contributed by atoms with Crippen molar-refractivity contribution in [2.24, 2.45) is 11.3 Å². The Balaban J connectivity index is 1.14. The second kappa shape index (κ2) is 8.89. The Morgan fingerprint density at radius 2 is 1.82 bits per heavy atom. The summed E-state index contributed by atoms with van der Waals surface area (Å²) in [4.78, 5) is 51.7. The average Bonchev–Trinajstić information content (AvgIpc) is 3.66. The van der Waals surface area contributed by atoms with Gasteiger partial charge in [0.2, 0.25) is 5.91 Å². The molecule has 0 saturated carbocycles. The van der Waals surface area contributed by atoms with Gasteiger partial charge < -0.3 is 14.8 Å². The monoisotopic (exact) mass is 514 g/mol. The molecular formula is C30H31FN4O3. The number of fused-ring (bicyclic) bond motifs is 4. The largest absolute Gasteiger partial charge is 0.336 e. The summed E-state index contributed by atoms with van der Waals surface area (Å²) in [6.07, 6.45) is 3.06. The van der Waals surface area contributed by atoms with Gasteiger partial charge in [-0.1, -0.05) is 39.0 Å². The first-order chi connectivity index (χ1) is 18.1. The number of ketones is 1. The number of nitrogens with one attached hydrogen (secondary N) is 1. The Morgan fingerprint density at radius 3 is 2.53 bits per heavy atom. The van der Waals surface area contributed by atoms with E-state index in [1.807, 2.05) is 60.9 Å². The quantitative estimate of drug-likeness (QED) is 0.547. The van der Waals surface area contributed by atoms with Crippen LogP contribution < -0.4 is 0 Å². The Hall–Kier alpha value is -3.81. The highest BCUT2D eigenvalue weighted by molar-refractivity contribution is 6.03. The standard InChI is InChI=1S/C30H31FN4O3/c1-30(2,3)23(14-26(36)19-10-17-8-9-20(31)12-18(17)11-19)28(37)34-15-22-13-21(34)16-35(22)29(38)27-32-24-6-4-5-7-25(24)33-27/h4-10,12,21-23H,11,13-16H2,1-3H3,(H,32,33)/t21-,22-,23+/m0/s1. The third-order valence-electron chi connectivity index (χ3n) is 8.28. The lowest BCUT2D eigenvalue weighted by molar-refractivity contribution is -0.143. The molecule has 2 aromatic carbocycles. The van der Waals surface area contributed by atoms with Crippen LogP contribution in [-0.4, -0.2) is 62.5 Å². The zero-order chi connectivity index (χ0) is 26.8. The normalized spacial score (nSPS) is 21.1. The van der Waals surface area contributed by atoms with Crippen LogP contribution in [0.15, 0.2) is 48.0 Å². The van der Waals surface area contributed by atoms with Crippen LogP contribution >= 0.6 is 0 Å². The van der Waals surface area contributed by atoms with Crippen molar-refractivity contribution in [1.29, 1.82) is 0 Å². The van der Waals surface area contributed by atoms with Gasteiger partial charge in [-0.3, -0.25) is 14.4 Å². The van der Waals surface area contributed by atoms with Gasteiger partial charge in [0, 0.05) is 31.5 Å². The minimum Gasteiger partial charge on any atom is -0.336 e. The third-order valence-corrected chi connectivity index (χ3v) is 8.28. The molecule has 8 heteroatoms. The first-order valence-corrected chi connectivity index (χ1v) is 13.2. The number of Topliss-reactive ketones (excluding diaryl/α,β-unsaturated/α-hetero) is 1. The van der Waals surface area contributed by atoms with E-state index >= 15 is 0 Å². The number of aromatic nitrogens is 2. The number of allylic oxidation sites excluding steroid dienone is 1. The molecule has 1 aromatic heterocycles. The minimum atomic E-state index is -0.491. The number of aromatic amines is 1. The van der Waals surface area contributed by atoms with Gasteiger partial charge in [-0.25, -0.2) is 9.37 Å². The first kappa shape index (κ1) is 24.5. The summed E-state index contributed by atoms with van der Waals surface area (Å²) in [6, 6.07) is 12.0. The Bertz CT molecular complexity index is 1470. The molecule has 0 unspecified atom stereocenters. The molecule has 2 bridgehead atoms. The number of rotatable bonds is 5. The third kappa shape index (κ3) is 4.22. The highest BCUT2D eigenvalue weighted by atomic mass is 19.1. The van der Waals surface area contributed by atoms with Gasteiger partial charge in [-0.15, -0.1) is 0 Å². The van der Waals surface area contributed by atoms with Gasteiger partial charge in [0.25, 0.3) is 5.91 Å². The number of hydrogen-bond donors (Lipinski definition) is 1. The molecule has 196 valence electrons. The summed E-state index contributed by atoms with van der Waals surface area (Å²) in [7, 11) is 0. The van der Waals surface area contributed by atoms with Gasteiger partial charge in [0.1, 0.15) is 5.82 Å². The van der Waals surface area contributed by atoms with Crippen LogP contribution in [-0.2, 0) is 16.0 Å². The first-order valence-electron chi connectivity index (χ1n) is 13.2. The van der Waals surface area contributed by atoms with E-state index in [0.717, 1.165) is 28.6 Å². The Morgan fingerprint density at radius 1 is 1.08 bits per heavy atom. The van der Waals surface area contributed by atoms with Crippen LogP contribution in [0.25, 0.3) is 17.1 Å². The predicted molar refractivity (Wildman–Crippen MR) is 142 cm³/mol. The molecule has 0 spiro atoms. The molecule has 2 fully saturated rings. The fourth-order valence-corrected chi connectivity index (χ4v) is 6.15. The van der Waals surface area contributed by atoms with E-state index in [4.69, 9.17) is 0 Å². The lowest BCUT2D eigenvalue weighted by Crippen LogP contribution is -2.53. The minimum absolute atomic E-state index is 0.0312. The highest BCUT2D eigenvalue weighted by Crippen LogP contribution is 2.38. The van der Waals surface area contributed by atoms with Gasteiger partial charge in [0.15, 0.2) is 11.6 Å². The predicted octanol–water partition coefficient (Wildman–Crippen LogP) is 4.39. The van der Waals surface area contributed by atoms with Crippen molar-refractivity contribution in [3.63, 3.8) is 0 Å². The number of amides is 2. The summed E-state index contributed by atoms with van der Waals surface area (Å²) < 4.78 is 13.6. The molecule has 6 rings (SSSR count). The number of halogens is 1. The average molecular weight is 515 g/mol. The second-order valence-corrected chi connectivity index (χ2v) is 11.8. The van der Waals surface area contributed by atoms with Crippen molar-refractivity contribution in [2.75, 3.05) is 13.1 Å². The highest BCUT2D eigenvalue weighted by Gasteiger charge is 2.50. The van der Waals surface area contributed by atoms with Gasteiger partial charge in [-0.2, -0.15) is 0 Å². The number of benzene rings is 2. The molecule has 0 radical (unpaired) electrons. The zero-order valence-corrected chi connectivity index (χ0v) is 21.8. The summed E-state index contributed by atoms with van der Waals surface area (Å²) in [5, 5.41) is 0. The number of H-pyrrole nitrogens is 1. The molecular weight excluding hydrogens is 483 g/mol. The number of para-hydroxylation sites is 2. The van der Waals surface area contributed by atoms with E-state index in [-0.39, 0.29) is 41.9 Å². The molecule has 3 heterocycles. The van der Waals surface area contributed by atoms with Gasteiger partial charge in [0.05, 0.1) is 29.0 Å². The van der Waals surface area contributed by atoms with E-state index in [1.165, 1.54) is 12.1 Å². The molecule has 7 nitrogen and oxygen atoms in total. The number of piperazine rings is 1. The topological polar surface area (TPSA) is 86.4 Å². The van der Waals surface area contributed by atoms with Gasteiger partial charge in [-0.05, 0) is 53.3 Å². The molecule has 1 aliphatic carbocycles. The number of likely N-dealkylation sites (tertiary alicyclic amines) is 2. The molecule has 2 aliphatic heterocycles. The van der Waals surface area contributed by atoms with Crippen molar-refractivity contribution in [3.8, 4) is 0 Å². The van der Waals surface area contributed by atoms with Crippen molar-refractivity contribution in [1.82, 2.24) is 19.8 Å². The SMILES string of the molecule is CC(C)(C)[C@H](CC(=O)C1=Cc2ccc(F)cc2C1)C(=O)N1C[C@@H]2C[C@H]1CN2C(=O)c1nc2ccccc2[nH]1. The fourth-order valence-electron chi connectivity index (χ4n) is 6.15. The van der Waals surface area contributed by atoms with Crippen molar-refractivity contribution >= 4 is 34.7 Å². The van der Waals surface area contributed by atoms with E-state index in [1.54, 1.807) is 6.07 Å². The van der Waals surface area contributed by atoms with Crippen LogP contribution in [0.2, 0.25) is 0 Å². The number of carbonyl (C=O) groups excluding carboxylic acids is 3. The molecule has 2 saturated heterocycles. The number of imidazole rings is 1. The van der Waals surface area contributed by atoms with E-state index in [2.05, 4.69) is 9.97 Å². The zero-order valence-electron chi connectivity index (χ0n) is 21.8. The Labute approximate surface area is 220 Å². The molecule has 38 heavy (non-hydrogen) atoms. The van der Waals surface area contributed by atoms with E-state index in [9.17, 15) is 18.8 Å². The summed E-state index contributed by atoms with van der Waals surface area (Å²) in [5.41, 5.74) is 3.44. The lowest BCUT2D eigenvalue weighted by Gasteiger charge is -2.38. The summed E-state index contributed by atoms with van der Waals surface area (Å²) >= 11 is 0. The molecule has 3 aliphatic rings. The van der Waals surface area contributed by atoms with E-state index < -0.39 is 11.3 Å². The second-order valence-electron chi connectivity index (χ2n) is 11.8. The van der Waals surface area contributed by atoms with Crippen LogP contribution in [0.4, 0.5) is 4.39 Å². The maximum absolute atomic E-state index is 13.8. The van der Waals surface area contributed by atoms with Crippen LogP contribution in [0.3, 0.4) is 0 Å². The van der Waals surface area contributed by atoms with Crippen LogP contribution in [0.5, 0.6) is 0 Å². The molecule has 1 N–H and O–H groups in total. The number of nitrogens with zero attached hydrogens (tertiary/aromatic N) is 3. The van der Waals surface area contributed by atoms with Crippen molar-refractivity contribution < 1.29 is 18.8 Å². The molecule has 3 aromatic rings. The van der Waals surface area contributed by atoms with Gasteiger partial charge >= 0.3 is 0 Å². The summed E-state index contributed by atoms with van der Waals surface area (Å²) in [6.45, 7) is 6.89. The lowest BCUT2D eigenvalue weighted by atomic mass is 9.76. The molecule has 2 amide bonds. The number of hydrogen-bond acceptors (Lipinski definition) is 4. The Kier molecular flexibility index (Phi) is 5.74. The van der Waals surface area contributed by atoms with Crippen molar-refractivity contribution in [3.05, 3.63) is 70.8 Å². The smallest absolute Gasteiger partial charge is 0.290 e. The van der Waals surface area contributed by atoms with Crippen LogP contribution in [0, 0.1) is 17.2 Å². The fraction of sp³-hybridized carbons (Fsp3) is 0.400. The van der Waals surface area contributed by atoms with E-state index in [0.29, 0.717) is 30.9 Å². The number of carbonyl (C=O) groups is 3.